The lowest BCUT2D eigenvalue weighted by molar-refractivity contribution is 0.412. The average Bonchev–Trinajstić information content (AvgIpc) is 2.36. The molecule has 0 aliphatic heterocycles. The second-order valence-corrected chi connectivity index (χ2v) is 4.66. The zero-order chi connectivity index (χ0) is 12.8. The van der Waals surface area contributed by atoms with Crippen molar-refractivity contribution < 1.29 is 4.74 Å². The van der Waals surface area contributed by atoms with Crippen LogP contribution in [-0.2, 0) is 0 Å². The molecule has 0 fully saturated rings. The van der Waals surface area contributed by atoms with Crippen LogP contribution in [0.25, 0.3) is 0 Å². The minimum absolute atomic E-state index is 0.388. The van der Waals surface area contributed by atoms with Gasteiger partial charge in [-0.1, -0.05) is 0 Å². The van der Waals surface area contributed by atoms with E-state index in [0.717, 1.165) is 11.6 Å². The first-order chi connectivity index (χ1) is 8.15. The highest BCUT2D eigenvalue weighted by molar-refractivity contribution is 7.98. The SMILES string of the molecule is CNc1ncnc(N(C)C(C)CSC)c1OC. The molecule has 0 saturated carbocycles. The minimum atomic E-state index is 0.388. The highest BCUT2D eigenvalue weighted by atomic mass is 32.2. The van der Waals surface area contributed by atoms with Crippen LogP contribution >= 0.6 is 11.8 Å². The number of aromatic nitrogens is 2. The topological polar surface area (TPSA) is 50.3 Å². The highest BCUT2D eigenvalue weighted by Crippen LogP contribution is 2.31. The predicted molar refractivity (Wildman–Crippen MR) is 74.4 cm³/mol. The van der Waals surface area contributed by atoms with Crippen molar-refractivity contribution in [2.45, 2.75) is 13.0 Å². The zero-order valence-electron chi connectivity index (χ0n) is 11.0. The third-order valence-corrected chi connectivity index (χ3v) is 3.44. The van der Waals surface area contributed by atoms with Crippen LogP contribution in [0.1, 0.15) is 6.92 Å². The summed E-state index contributed by atoms with van der Waals surface area (Å²) in [6.45, 7) is 2.16. The maximum atomic E-state index is 5.38. The molecule has 1 aromatic heterocycles. The van der Waals surface area contributed by atoms with Gasteiger partial charge >= 0.3 is 0 Å². The van der Waals surface area contributed by atoms with Gasteiger partial charge in [0.25, 0.3) is 0 Å². The summed E-state index contributed by atoms with van der Waals surface area (Å²) >= 11 is 1.81. The molecule has 1 aromatic rings. The summed E-state index contributed by atoms with van der Waals surface area (Å²) in [6, 6.07) is 0.388. The first kappa shape index (κ1) is 13.9. The normalized spacial score (nSPS) is 12.1. The Bertz CT molecular complexity index is 361. The van der Waals surface area contributed by atoms with Gasteiger partial charge < -0.3 is 15.0 Å². The summed E-state index contributed by atoms with van der Waals surface area (Å²) in [5, 5.41) is 3.00. The summed E-state index contributed by atoms with van der Waals surface area (Å²) in [5.41, 5.74) is 0. The Balaban J connectivity index is 3.03. The molecule has 5 nitrogen and oxygen atoms in total. The molecule has 0 bridgehead atoms. The zero-order valence-corrected chi connectivity index (χ0v) is 11.8. The highest BCUT2D eigenvalue weighted by Gasteiger charge is 2.18. The molecular weight excluding hydrogens is 236 g/mol. The van der Waals surface area contributed by atoms with Crippen LogP contribution in [-0.4, -0.2) is 49.2 Å². The van der Waals surface area contributed by atoms with Gasteiger partial charge in [0.15, 0.2) is 11.6 Å². The summed E-state index contributed by atoms with van der Waals surface area (Å²) in [7, 11) is 5.47. The molecule has 6 heteroatoms. The van der Waals surface area contributed by atoms with Gasteiger partial charge in [0.1, 0.15) is 6.33 Å². The van der Waals surface area contributed by atoms with Crippen LogP contribution < -0.4 is 15.0 Å². The van der Waals surface area contributed by atoms with E-state index in [1.807, 2.05) is 25.9 Å². The standard InChI is InChI=1S/C11H20N4OS/c1-8(6-17-5)15(3)11-9(16-4)10(12-2)13-7-14-11/h7-8H,6H2,1-5H3,(H,12,13,14). The molecule has 96 valence electrons. The van der Waals surface area contributed by atoms with Crippen molar-refractivity contribution in [1.29, 1.82) is 0 Å². The Morgan fingerprint density at radius 2 is 2.24 bits per heavy atom. The maximum Gasteiger partial charge on any atom is 0.204 e. The monoisotopic (exact) mass is 256 g/mol. The van der Waals surface area contributed by atoms with Crippen molar-refractivity contribution in [2.75, 3.05) is 43.4 Å². The fraction of sp³-hybridized carbons (Fsp3) is 0.636. The fourth-order valence-corrected chi connectivity index (χ4v) is 2.25. The van der Waals surface area contributed by atoms with Crippen LogP contribution in [0.2, 0.25) is 0 Å². The lowest BCUT2D eigenvalue weighted by Gasteiger charge is -2.27. The quantitative estimate of drug-likeness (QED) is 0.836. The second kappa shape index (κ2) is 6.54. The lowest BCUT2D eigenvalue weighted by Crippen LogP contribution is -2.32. The molecule has 0 saturated heterocycles. The number of nitrogens with one attached hydrogen (secondary N) is 1. The average molecular weight is 256 g/mol. The van der Waals surface area contributed by atoms with E-state index in [4.69, 9.17) is 4.74 Å². The Labute approximate surface area is 107 Å². The van der Waals surface area contributed by atoms with E-state index in [1.54, 1.807) is 13.4 Å². The molecule has 1 rings (SSSR count). The summed E-state index contributed by atoms with van der Waals surface area (Å²) in [5.74, 6) is 3.25. The molecule has 0 aromatic carbocycles. The van der Waals surface area contributed by atoms with Gasteiger partial charge in [0.05, 0.1) is 7.11 Å². The van der Waals surface area contributed by atoms with Gasteiger partial charge in [0, 0.05) is 25.9 Å². The summed E-state index contributed by atoms with van der Waals surface area (Å²) < 4.78 is 5.38. The van der Waals surface area contributed by atoms with Crippen molar-refractivity contribution in [3.05, 3.63) is 6.33 Å². The van der Waals surface area contributed by atoms with E-state index in [2.05, 4.69) is 33.4 Å². The van der Waals surface area contributed by atoms with Gasteiger partial charge in [0.2, 0.25) is 5.75 Å². The minimum Gasteiger partial charge on any atom is -0.490 e. The van der Waals surface area contributed by atoms with E-state index >= 15 is 0 Å². The Morgan fingerprint density at radius 1 is 1.53 bits per heavy atom. The molecule has 0 aliphatic rings. The number of hydrogen-bond acceptors (Lipinski definition) is 6. The van der Waals surface area contributed by atoms with Crippen molar-refractivity contribution in [1.82, 2.24) is 9.97 Å². The molecule has 0 amide bonds. The second-order valence-electron chi connectivity index (χ2n) is 3.74. The summed E-state index contributed by atoms with van der Waals surface area (Å²) in [6.07, 6.45) is 3.65. The first-order valence-electron chi connectivity index (χ1n) is 5.44. The van der Waals surface area contributed by atoms with E-state index in [9.17, 15) is 0 Å². The van der Waals surface area contributed by atoms with Crippen LogP contribution in [0.3, 0.4) is 0 Å². The lowest BCUT2D eigenvalue weighted by atomic mass is 10.3. The van der Waals surface area contributed by atoms with Crippen molar-refractivity contribution in [2.24, 2.45) is 0 Å². The summed E-state index contributed by atoms with van der Waals surface area (Å²) in [4.78, 5) is 10.5. The number of rotatable bonds is 6. The van der Waals surface area contributed by atoms with E-state index < -0.39 is 0 Å². The fourth-order valence-electron chi connectivity index (χ4n) is 1.54. The largest absolute Gasteiger partial charge is 0.490 e. The predicted octanol–water partition coefficient (Wildman–Crippen LogP) is 1.71. The number of methoxy groups -OCH3 is 1. The molecule has 0 aliphatic carbocycles. The number of hydrogen-bond donors (Lipinski definition) is 1. The number of ether oxygens (including phenoxy) is 1. The van der Waals surface area contributed by atoms with Crippen LogP contribution in [0.15, 0.2) is 6.33 Å². The number of thioether (sulfide) groups is 1. The molecule has 0 spiro atoms. The van der Waals surface area contributed by atoms with Gasteiger partial charge in [-0.3, -0.25) is 0 Å². The molecule has 1 unspecified atom stereocenters. The van der Waals surface area contributed by atoms with Crippen LogP contribution in [0.4, 0.5) is 11.6 Å². The Hall–Kier alpha value is -1.17. The molecule has 1 atom stereocenters. The smallest absolute Gasteiger partial charge is 0.204 e. The Kier molecular flexibility index (Phi) is 5.34. The Morgan fingerprint density at radius 3 is 2.76 bits per heavy atom. The first-order valence-corrected chi connectivity index (χ1v) is 6.83. The maximum absolute atomic E-state index is 5.38. The van der Waals surface area contributed by atoms with Crippen molar-refractivity contribution >= 4 is 23.4 Å². The van der Waals surface area contributed by atoms with Gasteiger partial charge in [-0.15, -0.1) is 0 Å². The van der Waals surface area contributed by atoms with Gasteiger partial charge in [-0.05, 0) is 13.2 Å². The third kappa shape index (κ3) is 3.15. The van der Waals surface area contributed by atoms with Gasteiger partial charge in [-0.2, -0.15) is 11.8 Å². The third-order valence-electron chi connectivity index (χ3n) is 2.63. The molecule has 1 N–H and O–H groups in total. The van der Waals surface area contributed by atoms with Crippen molar-refractivity contribution in [3.8, 4) is 5.75 Å². The van der Waals surface area contributed by atoms with E-state index in [0.29, 0.717) is 17.6 Å². The molecular formula is C11H20N4OS. The van der Waals surface area contributed by atoms with E-state index in [1.165, 1.54) is 0 Å². The van der Waals surface area contributed by atoms with Gasteiger partial charge in [-0.25, -0.2) is 9.97 Å². The van der Waals surface area contributed by atoms with E-state index in [-0.39, 0.29) is 0 Å². The van der Waals surface area contributed by atoms with Crippen molar-refractivity contribution in [3.63, 3.8) is 0 Å². The molecule has 17 heavy (non-hydrogen) atoms. The van der Waals surface area contributed by atoms with Crippen LogP contribution in [0.5, 0.6) is 5.75 Å². The molecule has 1 heterocycles. The van der Waals surface area contributed by atoms with Crippen LogP contribution in [0, 0.1) is 0 Å². The molecule has 0 radical (unpaired) electrons. The number of nitrogens with zero attached hydrogens (tertiary/aromatic N) is 3. The number of anilines is 2.